The van der Waals surface area contributed by atoms with Gasteiger partial charge in [0, 0.05) is 23.1 Å². The van der Waals surface area contributed by atoms with Crippen LogP contribution in [0.4, 0.5) is 23.0 Å². The van der Waals surface area contributed by atoms with Crippen LogP contribution in [0.3, 0.4) is 0 Å². The van der Waals surface area contributed by atoms with Crippen LogP contribution in [0.1, 0.15) is 35.6 Å². The summed E-state index contributed by atoms with van der Waals surface area (Å²) < 4.78 is 4.92. The highest BCUT2D eigenvalue weighted by atomic mass is 16.5. The lowest BCUT2D eigenvalue weighted by atomic mass is 10.1. The van der Waals surface area contributed by atoms with Crippen molar-refractivity contribution in [1.29, 1.82) is 0 Å². The van der Waals surface area contributed by atoms with E-state index < -0.39 is 5.97 Å². The molecule has 0 atom stereocenters. The molecule has 0 saturated heterocycles. The summed E-state index contributed by atoms with van der Waals surface area (Å²) >= 11 is 0. The molecule has 1 aromatic carbocycles. The van der Waals surface area contributed by atoms with Crippen molar-refractivity contribution in [2.75, 3.05) is 17.2 Å². The van der Waals surface area contributed by atoms with E-state index >= 15 is 0 Å². The minimum absolute atomic E-state index is 0.178. The number of aromatic nitrogens is 4. The monoisotopic (exact) mass is 378 g/mol. The van der Waals surface area contributed by atoms with Gasteiger partial charge in [0.2, 0.25) is 0 Å². The highest BCUT2D eigenvalue weighted by molar-refractivity contribution is 5.87. The molecule has 0 saturated carbocycles. The third-order valence-electron chi connectivity index (χ3n) is 3.98. The third-order valence-corrected chi connectivity index (χ3v) is 3.98. The number of carbonyl (C=O) groups excluding carboxylic acids is 1. The molecule has 28 heavy (non-hydrogen) atoms. The Hall–Kier alpha value is -3.55. The number of carbonyl (C=O) groups is 1. The molecule has 3 rings (SSSR count). The van der Waals surface area contributed by atoms with Crippen LogP contribution >= 0.6 is 0 Å². The molecule has 0 amide bonds. The average Bonchev–Trinajstić information content (AvgIpc) is 2.69. The van der Waals surface area contributed by atoms with E-state index in [0.29, 0.717) is 12.4 Å². The van der Waals surface area contributed by atoms with Gasteiger partial charge in [0.1, 0.15) is 12.1 Å². The van der Waals surface area contributed by atoms with E-state index in [1.165, 1.54) is 6.33 Å². The molecule has 8 nitrogen and oxygen atoms in total. The van der Waals surface area contributed by atoms with Crippen LogP contribution < -0.4 is 10.6 Å². The second-order valence-corrected chi connectivity index (χ2v) is 6.04. The molecule has 2 aromatic heterocycles. The molecule has 0 spiro atoms. The Labute approximate surface area is 163 Å². The van der Waals surface area contributed by atoms with Gasteiger partial charge in [-0.05, 0) is 50.1 Å². The molecule has 0 fully saturated rings. The highest BCUT2D eigenvalue weighted by Crippen LogP contribution is 2.26. The van der Waals surface area contributed by atoms with Crippen LogP contribution in [0.25, 0.3) is 0 Å². The third kappa shape index (κ3) is 4.79. The second-order valence-electron chi connectivity index (χ2n) is 6.04. The summed E-state index contributed by atoms with van der Waals surface area (Å²) in [6.07, 6.45) is 2.38. The Morgan fingerprint density at radius 3 is 2.54 bits per heavy atom. The van der Waals surface area contributed by atoms with Crippen LogP contribution in [0, 0.1) is 6.92 Å². The van der Waals surface area contributed by atoms with Crippen molar-refractivity contribution in [3.05, 3.63) is 59.7 Å². The predicted octanol–water partition coefficient (Wildman–Crippen LogP) is 3.80. The fourth-order valence-corrected chi connectivity index (χ4v) is 2.60. The van der Waals surface area contributed by atoms with Gasteiger partial charge in [-0.3, -0.25) is 0 Å². The SMILES string of the molecule is CCOC(=O)c1ccc(Nc2cc(Nc3cc(C)ncn3)ccc2CC)nn1. The molecule has 0 aliphatic heterocycles. The first-order valence-electron chi connectivity index (χ1n) is 9.05. The molecule has 3 aromatic rings. The summed E-state index contributed by atoms with van der Waals surface area (Å²) in [6, 6.07) is 11.2. The van der Waals surface area contributed by atoms with E-state index in [9.17, 15) is 4.79 Å². The summed E-state index contributed by atoms with van der Waals surface area (Å²) in [7, 11) is 0. The number of aryl methyl sites for hydroxylation is 2. The molecule has 144 valence electrons. The predicted molar refractivity (Wildman–Crippen MR) is 107 cm³/mol. The van der Waals surface area contributed by atoms with Gasteiger partial charge in [-0.2, -0.15) is 0 Å². The first-order chi connectivity index (χ1) is 13.6. The Bertz CT molecular complexity index is 959. The van der Waals surface area contributed by atoms with Crippen molar-refractivity contribution in [2.24, 2.45) is 0 Å². The summed E-state index contributed by atoms with van der Waals surface area (Å²) in [6.45, 7) is 6.04. The van der Waals surface area contributed by atoms with E-state index in [0.717, 1.165) is 34.9 Å². The molecule has 0 unspecified atom stereocenters. The summed E-state index contributed by atoms with van der Waals surface area (Å²) in [4.78, 5) is 20.0. The molecule has 0 bridgehead atoms. The van der Waals surface area contributed by atoms with Crippen molar-refractivity contribution in [1.82, 2.24) is 20.2 Å². The van der Waals surface area contributed by atoms with Gasteiger partial charge < -0.3 is 15.4 Å². The lowest BCUT2D eigenvalue weighted by Crippen LogP contribution is -2.09. The van der Waals surface area contributed by atoms with Crippen LogP contribution in [0.5, 0.6) is 0 Å². The molecule has 2 heterocycles. The highest BCUT2D eigenvalue weighted by Gasteiger charge is 2.10. The number of benzene rings is 1. The lowest BCUT2D eigenvalue weighted by molar-refractivity contribution is 0.0518. The minimum Gasteiger partial charge on any atom is -0.461 e. The molecular weight excluding hydrogens is 356 g/mol. The van der Waals surface area contributed by atoms with Gasteiger partial charge in [-0.15, -0.1) is 10.2 Å². The zero-order chi connectivity index (χ0) is 19.9. The molecule has 0 aliphatic rings. The average molecular weight is 378 g/mol. The van der Waals surface area contributed by atoms with Crippen LogP contribution in [-0.2, 0) is 11.2 Å². The first-order valence-corrected chi connectivity index (χ1v) is 9.05. The van der Waals surface area contributed by atoms with Crippen LogP contribution in [0.2, 0.25) is 0 Å². The fourth-order valence-electron chi connectivity index (χ4n) is 2.60. The number of nitrogens with zero attached hydrogens (tertiary/aromatic N) is 4. The van der Waals surface area contributed by atoms with Crippen molar-refractivity contribution in [3.63, 3.8) is 0 Å². The minimum atomic E-state index is -0.484. The van der Waals surface area contributed by atoms with E-state index in [1.54, 1.807) is 19.1 Å². The van der Waals surface area contributed by atoms with Crippen molar-refractivity contribution in [3.8, 4) is 0 Å². The van der Waals surface area contributed by atoms with E-state index in [-0.39, 0.29) is 5.69 Å². The van der Waals surface area contributed by atoms with Gasteiger partial charge in [0.15, 0.2) is 11.5 Å². The number of rotatable bonds is 7. The maximum Gasteiger partial charge on any atom is 0.358 e. The quantitative estimate of drug-likeness (QED) is 0.599. The van der Waals surface area contributed by atoms with Crippen LogP contribution in [-0.4, -0.2) is 32.7 Å². The normalized spacial score (nSPS) is 10.4. The molecular formula is C20H22N6O2. The molecule has 0 radical (unpaired) electrons. The zero-order valence-corrected chi connectivity index (χ0v) is 16.1. The Morgan fingerprint density at radius 1 is 1.00 bits per heavy atom. The Balaban J connectivity index is 1.79. The number of hydrogen-bond donors (Lipinski definition) is 2. The molecule has 2 N–H and O–H groups in total. The van der Waals surface area contributed by atoms with Gasteiger partial charge in [-0.1, -0.05) is 13.0 Å². The van der Waals surface area contributed by atoms with Gasteiger partial charge in [0.05, 0.1) is 6.61 Å². The lowest BCUT2D eigenvalue weighted by Gasteiger charge is -2.13. The Kier molecular flexibility index (Phi) is 6.11. The van der Waals surface area contributed by atoms with Gasteiger partial charge in [-0.25, -0.2) is 14.8 Å². The number of anilines is 4. The van der Waals surface area contributed by atoms with Crippen molar-refractivity contribution < 1.29 is 9.53 Å². The zero-order valence-electron chi connectivity index (χ0n) is 16.1. The summed E-state index contributed by atoms with van der Waals surface area (Å²) in [5, 5.41) is 14.5. The van der Waals surface area contributed by atoms with E-state index in [2.05, 4.69) is 37.7 Å². The number of esters is 1. The number of nitrogens with one attached hydrogen (secondary N) is 2. The number of ether oxygens (including phenoxy) is 1. The maximum atomic E-state index is 11.7. The largest absolute Gasteiger partial charge is 0.461 e. The van der Waals surface area contributed by atoms with Crippen molar-refractivity contribution >= 4 is 29.0 Å². The fraction of sp³-hybridized carbons (Fsp3) is 0.250. The molecule has 8 heteroatoms. The Morgan fingerprint density at radius 2 is 1.86 bits per heavy atom. The first kappa shape index (κ1) is 19.2. The molecule has 0 aliphatic carbocycles. The second kappa shape index (κ2) is 8.90. The van der Waals surface area contributed by atoms with Gasteiger partial charge in [0.25, 0.3) is 0 Å². The van der Waals surface area contributed by atoms with Crippen LogP contribution in [0.15, 0.2) is 42.7 Å². The van der Waals surface area contributed by atoms with E-state index in [1.807, 2.05) is 31.2 Å². The van der Waals surface area contributed by atoms with E-state index in [4.69, 9.17) is 4.74 Å². The summed E-state index contributed by atoms with van der Waals surface area (Å²) in [5.41, 5.74) is 3.97. The topological polar surface area (TPSA) is 102 Å². The smallest absolute Gasteiger partial charge is 0.358 e. The number of hydrogen-bond acceptors (Lipinski definition) is 8. The van der Waals surface area contributed by atoms with Crippen molar-refractivity contribution in [2.45, 2.75) is 27.2 Å². The van der Waals surface area contributed by atoms with Gasteiger partial charge >= 0.3 is 5.97 Å². The maximum absolute atomic E-state index is 11.7. The summed E-state index contributed by atoms with van der Waals surface area (Å²) in [5.74, 6) is 0.779. The standard InChI is InChI=1S/C20H22N6O2/c1-4-14-6-7-15(23-19-10-13(3)21-12-22-19)11-17(14)24-18-9-8-16(25-26-18)20(27)28-5-2/h6-12H,4-5H2,1-3H3,(H,24,26)(H,21,22,23).